The molecule has 3 nitrogen and oxygen atoms in total. The van der Waals surface area contributed by atoms with Crippen LogP contribution in [0.2, 0.25) is 10.0 Å². The first-order valence-corrected chi connectivity index (χ1v) is 8.36. The van der Waals surface area contributed by atoms with Crippen LogP contribution in [0.15, 0.2) is 48.5 Å². The molecule has 0 aliphatic heterocycles. The third kappa shape index (κ3) is 6.04. The van der Waals surface area contributed by atoms with E-state index in [0.29, 0.717) is 22.3 Å². The molecule has 2 rings (SSSR count). The Labute approximate surface area is 147 Å². The molecule has 1 atom stereocenters. The lowest BCUT2D eigenvalue weighted by atomic mass is 10.2. The number of aliphatic hydroxyl groups is 1. The van der Waals surface area contributed by atoms with Gasteiger partial charge in [-0.2, -0.15) is 0 Å². The summed E-state index contributed by atoms with van der Waals surface area (Å²) in [6, 6.07) is 15.2. The summed E-state index contributed by atoms with van der Waals surface area (Å²) in [4.78, 5) is 2.17. The molecule has 0 spiro atoms. The summed E-state index contributed by atoms with van der Waals surface area (Å²) < 4.78 is 5.58. The minimum absolute atomic E-state index is 0.187. The van der Waals surface area contributed by atoms with E-state index < -0.39 is 6.10 Å². The second kappa shape index (κ2) is 9.14. The Morgan fingerprint density at radius 2 is 1.87 bits per heavy atom. The van der Waals surface area contributed by atoms with Crippen molar-refractivity contribution < 1.29 is 9.84 Å². The number of hydrogen-bond donors (Lipinski definition) is 1. The average Bonchev–Trinajstić information content (AvgIpc) is 2.54. The number of ether oxygens (including phenoxy) is 1. The first-order chi connectivity index (χ1) is 11.1. The maximum absolute atomic E-state index is 10.2. The fraction of sp³-hybridized carbons (Fsp3) is 0.333. The normalized spacial score (nSPS) is 12.4. The molecule has 0 heterocycles. The molecule has 0 aromatic heterocycles. The first-order valence-electron chi connectivity index (χ1n) is 7.60. The molecule has 0 saturated heterocycles. The van der Waals surface area contributed by atoms with Gasteiger partial charge in [0.05, 0.1) is 5.02 Å². The Morgan fingerprint density at radius 1 is 1.13 bits per heavy atom. The van der Waals surface area contributed by atoms with Crippen molar-refractivity contribution in [1.29, 1.82) is 0 Å². The summed E-state index contributed by atoms with van der Waals surface area (Å²) in [6.45, 7) is 4.46. The summed E-state index contributed by atoms with van der Waals surface area (Å²) in [6.07, 6.45) is -0.592. The first kappa shape index (κ1) is 18.1. The lowest BCUT2D eigenvalue weighted by Gasteiger charge is -2.24. The zero-order valence-corrected chi connectivity index (χ0v) is 14.6. The summed E-state index contributed by atoms with van der Waals surface area (Å²) in [5, 5.41) is 11.2. The van der Waals surface area contributed by atoms with Crippen LogP contribution >= 0.6 is 23.2 Å². The van der Waals surface area contributed by atoms with Crippen LogP contribution in [-0.2, 0) is 6.54 Å². The zero-order chi connectivity index (χ0) is 16.7. The highest BCUT2D eigenvalue weighted by atomic mass is 35.5. The van der Waals surface area contributed by atoms with Gasteiger partial charge in [-0.1, -0.05) is 60.5 Å². The van der Waals surface area contributed by atoms with Gasteiger partial charge in [-0.25, -0.2) is 0 Å². The summed E-state index contributed by atoms with van der Waals surface area (Å²) >= 11 is 11.9. The fourth-order valence-electron chi connectivity index (χ4n) is 2.28. The van der Waals surface area contributed by atoms with Gasteiger partial charge in [0.25, 0.3) is 0 Å². The Kier molecular flexibility index (Phi) is 7.18. The molecule has 2 aromatic rings. The maximum atomic E-state index is 10.2. The van der Waals surface area contributed by atoms with Crippen LogP contribution in [0, 0.1) is 0 Å². The van der Waals surface area contributed by atoms with Gasteiger partial charge < -0.3 is 9.84 Å². The zero-order valence-electron chi connectivity index (χ0n) is 13.1. The van der Waals surface area contributed by atoms with Crippen LogP contribution in [-0.4, -0.2) is 35.8 Å². The minimum Gasteiger partial charge on any atom is -0.489 e. The molecule has 1 N–H and O–H groups in total. The van der Waals surface area contributed by atoms with Crippen LogP contribution in [0.3, 0.4) is 0 Å². The minimum atomic E-state index is -0.592. The predicted molar refractivity (Wildman–Crippen MR) is 95.4 cm³/mol. The molecule has 1 unspecified atom stereocenters. The number of nitrogens with zero attached hydrogens (tertiary/aromatic N) is 1. The van der Waals surface area contributed by atoms with Crippen LogP contribution in [0.5, 0.6) is 5.75 Å². The standard InChI is InChI=1S/C18H21Cl2NO2/c1-2-21(11-14-6-4-3-5-7-14)12-16(22)13-23-18-9-8-15(19)10-17(18)20/h3-10,16,22H,2,11-13H2,1H3. The number of rotatable bonds is 8. The van der Waals surface area contributed by atoms with Gasteiger partial charge in [-0.3, -0.25) is 4.90 Å². The van der Waals surface area contributed by atoms with E-state index in [0.717, 1.165) is 13.1 Å². The van der Waals surface area contributed by atoms with Crippen molar-refractivity contribution in [2.75, 3.05) is 19.7 Å². The number of aliphatic hydroxyl groups excluding tert-OH is 1. The van der Waals surface area contributed by atoms with E-state index in [9.17, 15) is 5.11 Å². The van der Waals surface area contributed by atoms with Crippen LogP contribution in [0.4, 0.5) is 0 Å². The number of benzene rings is 2. The smallest absolute Gasteiger partial charge is 0.138 e. The highest BCUT2D eigenvalue weighted by Crippen LogP contribution is 2.27. The maximum Gasteiger partial charge on any atom is 0.138 e. The van der Waals surface area contributed by atoms with Crippen molar-refractivity contribution in [2.45, 2.75) is 19.6 Å². The lowest BCUT2D eigenvalue weighted by molar-refractivity contribution is 0.0675. The van der Waals surface area contributed by atoms with Gasteiger partial charge in [-0.05, 0) is 30.3 Å². The Hall–Kier alpha value is -1.26. The van der Waals surface area contributed by atoms with Gasteiger partial charge >= 0.3 is 0 Å². The second-order valence-corrected chi connectivity index (χ2v) is 6.20. The molecule has 0 fully saturated rings. The van der Waals surface area contributed by atoms with Crippen molar-refractivity contribution >= 4 is 23.2 Å². The van der Waals surface area contributed by atoms with E-state index in [1.54, 1.807) is 18.2 Å². The molecular formula is C18H21Cl2NO2. The van der Waals surface area contributed by atoms with Crippen LogP contribution < -0.4 is 4.74 Å². The Bertz CT molecular complexity index is 607. The molecule has 0 amide bonds. The van der Waals surface area contributed by atoms with Crippen LogP contribution in [0.1, 0.15) is 12.5 Å². The van der Waals surface area contributed by atoms with Crippen molar-refractivity contribution in [3.8, 4) is 5.75 Å². The molecule has 124 valence electrons. The van der Waals surface area contributed by atoms with Gasteiger partial charge in [0.1, 0.15) is 18.5 Å². The van der Waals surface area contributed by atoms with Gasteiger partial charge in [0.15, 0.2) is 0 Å². The van der Waals surface area contributed by atoms with E-state index in [4.69, 9.17) is 27.9 Å². The average molecular weight is 354 g/mol. The van der Waals surface area contributed by atoms with Gasteiger partial charge in [-0.15, -0.1) is 0 Å². The lowest BCUT2D eigenvalue weighted by Crippen LogP contribution is -2.35. The quantitative estimate of drug-likeness (QED) is 0.769. The highest BCUT2D eigenvalue weighted by molar-refractivity contribution is 6.35. The molecule has 23 heavy (non-hydrogen) atoms. The van der Waals surface area contributed by atoms with E-state index in [1.165, 1.54) is 5.56 Å². The summed E-state index contributed by atoms with van der Waals surface area (Å²) in [5.41, 5.74) is 1.23. The summed E-state index contributed by atoms with van der Waals surface area (Å²) in [7, 11) is 0. The molecule has 0 saturated carbocycles. The number of likely N-dealkylation sites (N-methyl/N-ethyl adjacent to an activating group) is 1. The molecule has 0 aliphatic rings. The largest absolute Gasteiger partial charge is 0.489 e. The molecular weight excluding hydrogens is 333 g/mol. The van der Waals surface area contributed by atoms with E-state index in [1.807, 2.05) is 18.2 Å². The monoisotopic (exact) mass is 353 g/mol. The summed E-state index contributed by atoms with van der Waals surface area (Å²) in [5.74, 6) is 0.529. The van der Waals surface area contributed by atoms with Crippen molar-refractivity contribution in [2.24, 2.45) is 0 Å². The predicted octanol–water partition coefficient (Wildman–Crippen LogP) is 4.26. The highest BCUT2D eigenvalue weighted by Gasteiger charge is 2.12. The van der Waals surface area contributed by atoms with Gasteiger partial charge in [0.2, 0.25) is 0 Å². The molecule has 0 aliphatic carbocycles. The number of halogens is 2. The SMILES string of the molecule is CCN(Cc1ccccc1)CC(O)COc1ccc(Cl)cc1Cl. The molecule has 0 radical (unpaired) electrons. The molecule has 2 aromatic carbocycles. The van der Waals surface area contributed by atoms with E-state index in [-0.39, 0.29) is 6.61 Å². The fourth-order valence-corrected chi connectivity index (χ4v) is 2.74. The van der Waals surface area contributed by atoms with Crippen LogP contribution in [0.25, 0.3) is 0 Å². The molecule has 0 bridgehead atoms. The van der Waals surface area contributed by atoms with Gasteiger partial charge in [0, 0.05) is 18.1 Å². The Balaban J connectivity index is 1.83. The second-order valence-electron chi connectivity index (χ2n) is 5.35. The van der Waals surface area contributed by atoms with Crippen molar-refractivity contribution in [3.05, 3.63) is 64.1 Å². The Morgan fingerprint density at radius 3 is 2.52 bits per heavy atom. The topological polar surface area (TPSA) is 32.7 Å². The van der Waals surface area contributed by atoms with Crippen molar-refractivity contribution in [3.63, 3.8) is 0 Å². The van der Waals surface area contributed by atoms with E-state index in [2.05, 4.69) is 24.0 Å². The van der Waals surface area contributed by atoms with Crippen molar-refractivity contribution in [1.82, 2.24) is 4.90 Å². The number of hydrogen-bond acceptors (Lipinski definition) is 3. The third-order valence-electron chi connectivity index (χ3n) is 3.49. The third-order valence-corrected chi connectivity index (χ3v) is 4.02. The molecule has 5 heteroatoms. The van der Waals surface area contributed by atoms with E-state index >= 15 is 0 Å².